The molecule has 158 valence electrons. The Hall–Kier alpha value is -2.44. The smallest absolute Gasteiger partial charge is 0.233 e. The number of anilines is 1. The molecule has 1 atom stereocenters. The summed E-state index contributed by atoms with van der Waals surface area (Å²) < 4.78 is 12.2. The van der Waals surface area contributed by atoms with Crippen LogP contribution in [0.4, 0.5) is 5.13 Å². The number of benzene rings is 2. The van der Waals surface area contributed by atoms with Crippen LogP contribution in [-0.4, -0.2) is 37.3 Å². The maximum absolute atomic E-state index is 13.3. The number of rotatable bonds is 7. The maximum atomic E-state index is 13.3. The van der Waals surface area contributed by atoms with Gasteiger partial charge in [0.2, 0.25) is 5.91 Å². The Morgan fingerprint density at radius 1 is 1.27 bits per heavy atom. The topological polar surface area (TPSA) is 51.7 Å². The van der Waals surface area contributed by atoms with Gasteiger partial charge in [-0.2, -0.15) is 0 Å². The van der Waals surface area contributed by atoms with Gasteiger partial charge in [0.25, 0.3) is 0 Å². The molecule has 1 amide bonds. The molecule has 1 aromatic heterocycles. The number of methoxy groups -OCH3 is 1. The molecule has 0 spiro atoms. The van der Waals surface area contributed by atoms with Crippen molar-refractivity contribution in [1.29, 1.82) is 0 Å². The molecule has 1 saturated heterocycles. The molecule has 2 heterocycles. The van der Waals surface area contributed by atoms with Gasteiger partial charge in [0.1, 0.15) is 5.75 Å². The standard InChI is InChI=1S/C24H28N2O3S/c1-16(2)18-8-6-17(7-9-18)13-23(27)26(15-20-5-4-12-29-20)24-25-21-11-10-19(28-3)14-22(21)30-24/h6-11,14,16,20H,4-5,12-13,15H2,1-3H3. The zero-order valence-electron chi connectivity index (χ0n) is 17.8. The molecule has 1 unspecified atom stereocenters. The molecule has 1 fully saturated rings. The van der Waals surface area contributed by atoms with E-state index in [0.717, 1.165) is 46.1 Å². The van der Waals surface area contributed by atoms with Crippen molar-refractivity contribution in [1.82, 2.24) is 4.98 Å². The van der Waals surface area contributed by atoms with Gasteiger partial charge in [0.05, 0.1) is 36.4 Å². The van der Waals surface area contributed by atoms with E-state index in [2.05, 4.69) is 38.1 Å². The first kappa shape index (κ1) is 20.8. The van der Waals surface area contributed by atoms with Crippen molar-refractivity contribution >= 4 is 32.6 Å². The number of carbonyl (C=O) groups is 1. The van der Waals surface area contributed by atoms with Gasteiger partial charge in [-0.05, 0) is 48.1 Å². The molecule has 6 heteroatoms. The minimum absolute atomic E-state index is 0.0498. The molecule has 5 nitrogen and oxygen atoms in total. The summed E-state index contributed by atoms with van der Waals surface area (Å²) >= 11 is 1.52. The Morgan fingerprint density at radius 3 is 2.73 bits per heavy atom. The van der Waals surface area contributed by atoms with Gasteiger partial charge in [-0.3, -0.25) is 9.69 Å². The first-order valence-electron chi connectivity index (χ1n) is 10.5. The Morgan fingerprint density at radius 2 is 2.07 bits per heavy atom. The van der Waals surface area contributed by atoms with Gasteiger partial charge < -0.3 is 9.47 Å². The van der Waals surface area contributed by atoms with E-state index in [9.17, 15) is 4.79 Å². The molecule has 0 bridgehead atoms. The van der Waals surface area contributed by atoms with Crippen molar-refractivity contribution < 1.29 is 14.3 Å². The van der Waals surface area contributed by atoms with Gasteiger partial charge >= 0.3 is 0 Å². The first-order valence-corrected chi connectivity index (χ1v) is 11.3. The molecule has 3 aromatic rings. The van der Waals surface area contributed by atoms with Crippen LogP contribution >= 0.6 is 11.3 Å². The van der Waals surface area contributed by atoms with Crippen molar-refractivity contribution in [3.63, 3.8) is 0 Å². The van der Waals surface area contributed by atoms with Gasteiger partial charge in [0.15, 0.2) is 5.13 Å². The minimum Gasteiger partial charge on any atom is -0.497 e. The lowest BCUT2D eigenvalue weighted by atomic mass is 10.0. The number of fused-ring (bicyclic) bond motifs is 1. The van der Waals surface area contributed by atoms with Crippen molar-refractivity contribution in [2.75, 3.05) is 25.2 Å². The fraction of sp³-hybridized carbons (Fsp3) is 0.417. The average molecular weight is 425 g/mol. The van der Waals surface area contributed by atoms with E-state index in [1.807, 2.05) is 23.1 Å². The molecule has 0 radical (unpaired) electrons. The summed E-state index contributed by atoms with van der Waals surface area (Å²) in [5.41, 5.74) is 3.18. The van der Waals surface area contributed by atoms with Crippen LogP contribution in [0.5, 0.6) is 5.75 Å². The third-order valence-electron chi connectivity index (χ3n) is 5.53. The number of aromatic nitrogens is 1. The number of hydrogen-bond donors (Lipinski definition) is 0. The fourth-order valence-corrected chi connectivity index (χ4v) is 4.72. The predicted molar refractivity (Wildman–Crippen MR) is 122 cm³/mol. The number of thiazole rings is 1. The van der Waals surface area contributed by atoms with Crippen molar-refractivity contribution in [3.05, 3.63) is 53.6 Å². The van der Waals surface area contributed by atoms with Gasteiger partial charge in [-0.1, -0.05) is 49.4 Å². The summed E-state index contributed by atoms with van der Waals surface area (Å²) in [5.74, 6) is 1.32. The summed E-state index contributed by atoms with van der Waals surface area (Å²) in [6.07, 6.45) is 2.44. The molecule has 0 aliphatic carbocycles. The molecular weight excluding hydrogens is 396 g/mol. The molecule has 1 aliphatic rings. The van der Waals surface area contributed by atoms with Crippen LogP contribution in [0.15, 0.2) is 42.5 Å². The lowest BCUT2D eigenvalue weighted by Gasteiger charge is -2.23. The number of amides is 1. The van der Waals surface area contributed by atoms with E-state index in [1.165, 1.54) is 16.9 Å². The fourth-order valence-electron chi connectivity index (χ4n) is 3.70. The lowest BCUT2D eigenvalue weighted by molar-refractivity contribution is -0.118. The number of hydrogen-bond acceptors (Lipinski definition) is 5. The first-order chi connectivity index (χ1) is 14.5. The van der Waals surface area contributed by atoms with E-state index >= 15 is 0 Å². The van der Waals surface area contributed by atoms with Crippen LogP contribution < -0.4 is 9.64 Å². The highest BCUT2D eigenvalue weighted by atomic mass is 32.1. The van der Waals surface area contributed by atoms with E-state index in [1.54, 1.807) is 7.11 Å². The van der Waals surface area contributed by atoms with Gasteiger partial charge in [-0.15, -0.1) is 0 Å². The third kappa shape index (κ3) is 4.65. The Labute approximate surface area is 181 Å². The molecule has 0 N–H and O–H groups in total. The Balaban J connectivity index is 1.59. The summed E-state index contributed by atoms with van der Waals surface area (Å²) in [6, 6.07) is 14.1. The van der Waals surface area contributed by atoms with Gasteiger partial charge in [-0.25, -0.2) is 4.98 Å². The second-order valence-electron chi connectivity index (χ2n) is 8.04. The Kier molecular flexibility index (Phi) is 6.35. The highest BCUT2D eigenvalue weighted by Crippen LogP contribution is 2.32. The molecular formula is C24H28N2O3S. The molecule has 0 saturated carbocycles. The highest BCUT2D eigenvalue weighted by molar-refractivity contribution is 7.22. The number of nitrogens with zero attached hydrogens (tertiary/aromatic N) is 2. The molecule has 1 aliphatic heterocycles. The van der Waals surface area contributed by atoms with Crippen LogP contribution in [-0.2, 0) is 16.0 Å². The van der Waals surface area contributed by atoms with E-state index in [-0.39, 0.29) is 12.0 Å². The summed E-state index contributed by atoms with van der Waals surface area (Å²) in [7, 11) is 1.65. The normalized spacial score (nSPS) is 16.3. The zero-order valence-corrected chi connectivity index (χ0v) is 18.6. The minimum atomic E-state index is 0.0498. The average Bonchev–Trinajstić information content (AvgIpc) is 3.41. The quantitative estimate of drug-likeness (QED) is 0.524. The van der Waals surface area contributed by atoms with Crippen LogP contribution in [0.1, 0.15) is 43.7 Å². The lowest BCUT2D eigenvalue weighted by Crippen LogP contribution is -2.38. The van der Waals surface area contributed by atoms with Gasteiger partial charge in [0, 0.05) is 6.61 Å². The van der Waals surface area contributed by atoms with Crippen molar-refractivity contribution in [2.24, 2.45) is 0 Å². The largest absolute Gasteiger partial charge is 0.497 e. The van der Waals surface area contributed by atoms with Crippen LogP contribution in [0.3, 0.4) is 0 Å². The summed E-state index contributed by atoms with van der Waals surface area (Å²) in [5, 5.41) is 0.720. The third-order valence-corrected chi connectivity index (χ3v) is 6.57. The van der Waals surface area contributed by atoms with Crippen LogP contribution in [0.2, 0.25) is 0 Å². The second kappa shape index (κ2) is 9.14. The monoisotopic (exact) mass is 424 g/mol. The van der Waals surface area contributed by atoms with Crippen molar-refractivity contribution in [3.8, 4) is 5.75 Å². The second-order valence-corrected chi connectivity index (χ2v) is 9.05. The van der Waals surface area contributed by atoms with E-state index in [0.29, 0.717) is 18.9 Å². The molecule has 4 rings (SSSR count). The summed E-state index contributed by atoms with van der Waals surface area (Å²) in [4.78, 5) is 19.9. The number of carbonyl (C=O) groups excluding carboxylic acids is 1. The van der Waals surface area contributed by atoms with E-state index in [4.69, 9.17) is 14.5 Å². The highest BCUT2D eigenvalue weighted by Gasteiger charge is 2.26. The SMILES string of the molecule is COc1ccc2nc(N(CC3CCCO3)C(=O)Cc3ccc(C(C)C)cc3)sc2c1. The number of ether oxygens (including phenoxy) is 2. The van der Waals surface area contributed by atoms with Crippen molar-refractivity contribution in [2.45, 2.75) is 45.1 Å². The van der Waals surface area contributed by atoms with Crippen LogP contribution in [0.25, 0.3) is 10.2 Å². The predicted octanol–water partition coefficient (Wildman–Crippen LogP) is 5.18. The van der Waals surface area contributed by atoms with Crippen LogP contribution in [0, 0.1) is 0 Å². The zero-order chi connectivity index (χ0) is 21.1. The maximum Gasteiger partial charge on any atom is 0.233 e. The molecule has 30 heavy (non-hydrogen) atoms. The van der Waals surface area contributed by atoms with E-state index < -0.39 is 0 Å². The Bertz CT molecular complexity index is 1010. The summed E-state index contributed by atoms with van der Waals surface area (Å²) in [6.45, 7) is 5.65. The molecule has 2 aromatic carbocycles.